The lowest BCUT2D eigenvalue weighted by Crippen LogP contribution is -2.29. The molecule has 4 rings (SSSR count). The summed E-state index contributed by atoms with van der Waals surface area (Å²) in [5.41, 5.74) is 1.40. The molecule has 0 bridgehead atoms. The Morgan fingerprint density at radius 1 is 1.17 bits per heavy atom. The molecule has 1 N–H and O–H groups in total. The predicted molar refractivity (Wildman–Crippen MR) is 113 cm³/mol. The molecule has 0 unspecified atom stereocenters. The molecule has 10 heteroatoms. The monoisotopic (exact) mass is 451 g/mol. The number of sulfonamides is 1. The fourth-order valence-corrected chi connectivity index (χ4v) is 6.86. The first-order valence-electron chi connectivity index (χ1n) is 8.98. The Balaban J connectivity index is 1.58. The summed E-state index contributed by atoms with van der Waals surface area (Å²) in [7, 11) is -3.68. The van der Waals surface area contributed by atoms with Gasteiger partial charge in [0.15, 0.2) is 5.13 Å². The van der Waals surface area contributed by atoms with Gasteiger partial charge in [0, 0.05) is 23.5 Å². The molecule has 152 valence electrons. The van der Waals surface area contributed by atoms with E-state index in [0.29, 0.717) is 23.9 Å². The number of nitrogens with zero attached hydrogens (tertiary/aromatic N) is 2. The minimum Gasteiger partial charge on any atom is -0.297 e. The van der Waals surface area contributed by atoms with Gasteiger partial charge < -0.3 is 0 Å². The first-order chi connectivity index (χ1) is 13.9. The molecule has 0 atom stereocenters. The number of carbonyl (C=O) groups is 1. The summed E-state index contributed by atoms with van der Waals surface area (Å²) in [6.45, 7) is 2.82. The molecule has 3 heterocycles. The van der Waals surface area contributed by atoms with Crippen LogP contribution < -0.4 is 5.32 Å². The van der Waals surface area contributed by atoms with Crippen LogP contribution in [0.3, 0.4) is 0 Å². The number of aromatic nitrogens is 1. The van der Waals surface area contributed by atoms with Crippen molar-refractivity contribution < 1.29 is 17.6 Å². The number of carbonyl (C=O) groups excluding carboxylic acids is 1. The lowest BCUT2D eigenvalue weighted by molar-refractivity contribution is 0.102. The van der Waals surface area contributed by atoms with Gasteiger partial charge in [0.2, 0.25) is 10.0 Å². The number of hydrogen-bond acceptors (Lipinski definition) is 6. The highest BCUT2D eigenvalue weighted by Gasteiger charge is 2.32. The minimum atomic E-state index is -3.68. The molecular formula is C19H18FN3O3S3. The lowest BCUT2D eigenvalue weighted by Gasteiger charge is -2.15. The zero-order valence-corrected chi connectivity index (χ0v) is 18.0. The highest BCUT2D eigenvalue weighted by atomic mass is 32.2. The zero-order valence-electron chi connectivity index (χ0n) is 15.5. The van der Waals surface area contributed by atoms with Crippen molar-refractivity contribution in [2.45, 2.75) is 24.7 Å². The van der Waals surface area contributed by atoms with Crippen molar-refractivity contribution in [2.75, 3.05) is 18.4 Å². The van der Waals surface area contributed by atoms with Crippen LogP contribution in [0, 0.1) is 12.7 Å². The third kappa shape index (κ3) is 3.97. The van der Waals surface area contributed by atoms with Crippen molar-refractivity contribution >= 4 is 43.7 Å². The fraction of sp³-hybridized carbons (Fsp3) is 0.263. The topological polar surface area (TPSA) is 79.4 Å². The molecule has 1 amide bonds. The molecule has 1 saturated heterocycles. The van der Waals surface area contributed by atoms with Crippen molar-refractivity contribution in [3.63, 3.8) is 0 Å². The van der Waals surface area contributed by atoms with E-state index >= 15 is 0 Å². The maximum Gasteiger partial charge on any atom is 0.268 e. The van der Waals surface area contributed by atoms with Crippen LogP contribution in [0.1, 0.15) is 27.4 Å². The lowest BCUT2D eigenvalue weighted by atomic mass is 10.1. The van der Waals surface area contributed by atoms with E-state index in [2.05, 4.69) is 10.3 Å². The van der Waals surface area contributed by atoms with Crippen LogP contribution in [0.2, 0.25) is 0 Å². The second-order valence-corrected chi connectivity index (χ2v) is 10.6. The predicted octanol–water partition coefficient (Wildman–Crippen LogP) is 4.36. The Labute approximate surface area is 176 Å². The average Bonchev–Trinajstić information content (AvgIpc) is 3.43. The summed E-state index contributed by atoms with van der Waals surface area (Å²) in [6, 6.07) is 7.44. The van der Waals surface area contributed by atoms with Gasteiger partial charge in [-0.1, -0.05) is 0 Å². The molecule has 0 aliphatic carbocycles. The third-order valence-corrected chi connectivity index (χ3v) is 8.52. The number of nitrogens with one attached hydrogen (secondary N) is 1. The van der Waals surface area contributed by atoms with Crippen LogP contribution in [-0.4, -0.2) is 36.7 Å². The fourth-order valence-electron chi connectivity index (χ4n) is 3.21. The second kappa shape index (κ2) is 7.94. The van der Waals surface area contributed by atoms with Gasteiger partial charge >= 0.3 is 0 Å². The van der Waals surface area contributed by atoms with Gasteiger partial charge in [-0.2, -0.15) is 4.31 Å². The summed E-state index contributed by atoms with van der Waals surface area (Å²) < 4.78 is 40.3. The van der Waals surface area contributed by atoms with E-state index in [1.54, 1.807) is 17.5 Å². The number of amides is 1. The molecule has 2 aromatic heterocycles. The highest BCUT2D eigenvalue weighted by molar-refractivity contribution is 7.89. The maximum atomic E-state index is 13.2. The van der Waals surface area contributed by atoms with E-state index in [0.717, 1.165) is 34.6 Å². The van der Waals surface area contributed by atoms with Crippen molar-refractivity contribution in [3.05, 3.63) is 51.3 Å². The van der Waals surface area contributed by atoms with E-state index in [9.17, 15) is 17.6 Å². The summed E-state index contributed by atoms with van der Waals surface area (Å²) in [6.07, 6.45) is 1.66. The molecular weight excluding hydrogens is 433 g/mol. The molecule has 1 aliphatic heterocycles. The molecule has 0 radical (unpaired) electrons. The van der Waals surface area contributed by atoms with E-state index in [-0.39, 0.29) is 15.6 Å². The van der Waals surface area contributed by atoms with Crippen molar-refractivity contribution in [3.8, 4) is 11.3 Å². The largest absolute Gasteiger partial charge is 0.297 e. The van der Waals surface area contributed by atoms with Gasteiger partial charge in [0.05, 0.1) is 5.69 Å². The van der Waals surface area contributed by atoms with E-state index in [1.807, 2.05) is 6.92 Å². The number of thiophene rings is 1. The number of anilines is 1. The third-order valence-electron chi connectivity index (χ3n) is 4.65. The normalized spacial score (nSPS) is 15.0. The number of thiazole rings is 1. The molecule has 1 fully saturated rings. The first-order valence-corrected chi connectivity index (χ1v) is 12.1. The maximum absolute atomic E-state index is 13.2. The van der Waals surface area contributed by atoms with Crippen molar-refractivity contribution in [2.24, 2.45) is 0 Å². The quantitative estimate of drug-likeness (QED) is 0.625. The Morgan fingerprint density at radius 2 is 1.86 bits per heavy atom. The summed E-state index contributed by atoms with van der Waals surface area (Å²) in [5, 5.41) is 4.68. The number of halogens is 1. The smallest absolute Gasteiger partial charge is 0.268 e. The van der Waals surface area contributed by atoms with E-state index in [1.165, 1.54) is 33.8 Å². The van der Waals surface area contributed by atoms with Crippen LogP contribution in [0.4, 0.5) is 9.52 Å². The van der Waals surface area contributed by atoms with Crippen LogP contribution >= 0.6 is 22.7 Å². The number of aryl methyl sites for hydroxylation is 1. The van der Waals surface area contributed by atoms with Crippen LogP contribution in [0.15, 0.2) is 40.6 Å². The molecule has 29 heavy (non-hydrogen) atoms. The van der Waals surface area contributed by atoms with Crippen LogP contribution in [-0.2, 0) is 10.0 Å². The summed E-state index contributed by atoms with van der Waals surface area (Å²) >= 11 is 2.37. The van der Waals surface area contributed by atoms with Crippen LogP contribution in [0.5, 0.6) is 0 Å². The van der Waals surface area contributed by atoms with Gasteiger partial charge in [0.25, 0.3) is 5.91 Å². The Bertz CT molecular complexity index is 1150. The molecule has 0 saturated carbocycles. The van der Waals surface area contributed by atoms with Gasteiger partial charge in [0.1, 0.15) is 15.6 Å². The van der Waals surface area contributed by atoms with E-state index in [4.69, 9.17) is 0 Å². The van der Waals surface area contributed by atoms with Crippen LogP contribution in [0.25, 0.3) is 11.3 Å². The minimum absolute atomic E-state index is 0.0361. The van der Waals surface area contributed by atoms with Gasteiger partial charge in [-0.25, -0.2) is 17.8 Å². The van der Waals surface area contributed by atoms with Crippen molar-refractivity contribution in [1.29, 1.82) is 0 Å². The zero-order chi connectivity index (χ0) is 20.6. The SMILES string of the molecule is Cc1sc(NC(=O)c2sccc2S(=O)(=O)N2CCCC2)nc1-c1ccc(F)cc1. The standard InChI is InChI=1S/C19H18FN3O3S3/c1-12-16(13-4-6-14(20)7-5-13)21-19(28-12)22-18(24)17-15(8-11-27-17)29(25,26)23-9-2-3-10-23/h4-8,11H,2-3,9-10H2,1H3,(H,21,22,24). The molecule has 1 aliphatic rings. The summed E-state index contributed by atoms with van der Waals surface area (Å²) in [5.74, 6) is -0.836. The average molecular weight is 452 g/mol. The highest BCUT2D eigenvalue weighted by Crippen LogP contribution is 2.32. The van der Waals surface area contributed by atoms with Crippen molar-refractivity contribution in [1.82, 2.24) is 9.29 Å². The second-order valence-electron chi connectivity index (χ2n) is 6.61. The van der Waals surface area contributed by atoms with E-state index < -0.39 is 15.9 Å². The number of hydrogen-bond donors (Lipinski definition) is 1. The van der Waals surface area contributed by atoms with Gasteiger partial charge in [-0.05, 0) is 55.5 Å². The Hall–Kier alpha value is -2.14. The van der Waals surface area contributed by atoms with Gasteiger partial charge in [-0.15, -0.1) is 22.7 Å². The van der Waals surface area contributed by atoms with Gasteiger partial charge in [-0.3, -0.25) is 10.1 Å². The molecule has 1 aromatic carbocycles. The Kier molecular flexibility index (Phi) is 5.52. The number of rotatable bonds is 5. The molecule has 6 nitrogen and oxygen atoms in total. The Morgan fingerprint density at radius 3 is 2.55 bits per heavy atom. The summed E-state index contributed by atoms with van der Waals surface area (Å²) in [4.78, 5) is 18.3. The number of benzene rings is 1. The first kappa shape index (κ1) is 20.1. The molecule has 0 spiro atoms. The molecule has 3 aromatic rings.